The van der Waals surface area contributed by atoms with Crippen LogP contribution in [0.3, 0.4) is 0 Å². The Hall–Kier alpha value is -2.39. The molecule has 2 aromatic rings. The summed E-state index contributed by atoms with van der Waals surface area (Å²) in [5.41, 5.74) is 5.30. The van der Waals surface area contributed by atoms with Gasteiger partial charge in [-0.25, -0.2) is 0 Å². The molecular formula is C21H20O3. The average molecular weight is 320 g/mol. The number of carbonyl (C=O) groups is 1. The van der Waals surface area contributed by atoms with Crippen LogP contribution in [-0.2, 0) is 19.9 Å². The molecule has 2 aliphatic heterocycles. The fraction of sp³-hybridized carbons (Fsp3) is 0.286. The Balaban J connectivity index is 1.85. The lowest BCUT2D eigenvalue weighted by atomic mass is 9.88. The Kier molecular flexibility index (Phi) is 3.54. The molecule has 0 aliphatic carbocycles. The van der Waals surface area contributed by atoms with E-state index in [1.54, 1.807) is 0 Å². The van der Waals surface area contributed by atoms with Crippen molar-refractivity contribution in [3.8, 4) is 0 Å². The number of ether oxygens (including phenoxy) is 2. The molecule has 0 N–H and O–H groups in total. The molecule has 122 valence electrons. The van der Waals surface area contributed by atoms with E-state index >= 15 is 0 Å². The summed E-state index contributed by atoms with van der Waals surface area (Å²) in [6.07, 6.45) is 3.00. The molecule has 24 heavy (non-hydrogen) atoms. The summed E-state index contributed by atoms with van der Waals surface area (Å²) in [6, 6.07) is 16.6. The number of fused-ring (bicyclic) bond motifs is 5. The van der Waals surface area contributed by atoms with Crippen LogP contribution >= 0.6 is 0 Å². The first-order valence-electron chi connectivity index (χ1n) is 8.27. The average Bonchev–Trinajstić information content (AvgIpc) is 2.82. The molecule has 2 aliphatic rings. The van der Waals surface area contributed by atoms with E-state index in [0.717, 1.165) is 12.0 Å². The van der Waals surface area contributed by atoms with Crippen LogP contribution in [0.15, 0.2) is 54.6 Å². The van der Waals surface area contributed by atoms with Gasteiger partial charge < -0.3 is 9.47 Å². The normalized spacial score (nSPS) is 24.2. The molecule has 0 saturated carbocycles. The molecule has 0 fully saturated rings. The molecule has 0 saturated heterocycles. The summed E-state index contributed by atoms with van der Waals surface area (Å²) < 4.78 is 11.8. The minimum Gasteiger partial charge on any atom is -0.462 e. The summed E-state index contributed by atoms with van der Waals surface area (Å²) in [4.78, 5) is 11.4. The number of esters is 1. The molecule has 0 radical (unpaired) electrons. The zero-order valence-electron chi connectivity index (χ0n) is 13.9. The van der Waals surface area contributed by atoms with E-state index in [1.807, 2.05) is 18.2 Å². The number of rotatable bonds is 3. The zero-order chi connectivity index (χ0) is 16.7. The van der Waals surface area contributed by atoms with Gasteiger partial charge in [0.1, 0.15) is 12.2 Å². The second kappa shape index (κ2) is 5.60. The van der Waals surface area contributed by atoms with Crippen LogP contribution in [-0.4, -0.2) is 12.6 Å². The maximum atomic E-state index is 11.4. The van der Waals surface area contributed by atoms with Gasteiger partial charge in [-0.3, -0.25) is 4.79 Å². The summed E-state index contributed by atoms with van der Waals surface area (Å²) in [7, 11) is 0. The van der Waals surface area contributed by atoms with Crippen molar-refractivity contribution in [2.75, 3.05) is 6.61 Å². The topological polar surface area (TPSA) is 35.5 Å². The SMILES string of the molecule is CC(=O)OC[C@]12C=C(c3ccccc3)C[C@H](O1)c1cccc(C)c12. The highest BCUT2D eigenvalue weighted by atomic mass is 16.6. The Morgan fingerprint density at radius 1 is 1.21 bits per heavy atom. The van der Waals surface area contributed by atoms with E-state index in [-0.39, 0.29) is 18.7 Å². The van der Waals surface area contributed by atoms with E-state index in [2.05, 4.69) is 43.3 Å². The van der Waals surface area contributed by atoms with Gasteiger partial charge in [-0.2, -0.15) is 0 Å². The van der Waals surface area contributed by atoms with Gasteiger partial charge in [0.15, 0.2) is 0 Å². The molecule has 2 atom stereocenters. The fourth-order valence-corrected chi connectivity index (χ4v) is 3.92. The zero-order valence-corrected chi connectivity index (χ0v) is 13.9. The van der Waals surface area contributed by atoms with Crippen molar-refractivity contribution in [3.63, 3.8) is 0 Å². The van der Waals surface area contributed by atoms with Gasteiger partial charge in [-0.15, -0.1) is 0 Å². The van der Waals surface area contributed by atoms with Gasteiger partial charge in [-0.05, 0) is 40.8 Å². The predicted molar refractivity (Wildman–Crippen MR) is 92.4 cm³/mol. The van der Waals surface area contributed by atoms with Crippen molar-refractivity contribution in [3.05, 3.63) is 76.9 Å². The quantitative estimate of drug-likeness (QED) is 0.791. The van der Waals surface area contributed by atoms with E-state index in [9.17, 15) is 4.79 Å². The van der Waals surface area contributed by atoms with Crippen LogP contribution in [0.25, 0.3) is 5.57 Å². The lowest BCUT2D eigenvalue weighted by molar-refractivity contribution is -0.152. The predicted octanol–water partition coefficient (Wildman–Crippen LogP) is 4.31. The molecule has 2 aromatic carbocycles. The Morgan fingerprint density at radius 3 is 2.75 bits per heavy atom. The summed E-state index contributed by atoms with van der Waals surface area (Å²) in [6.45, 7) is 3.74. The highest BCUT2D eigenvalue weighted by molar-refractivity contribution is 5.72. The molecule has 2 bridgehead atoms. The third-order valence-corrected chi connectivity index (χ3v) is 4.87. The van der Waals surface area contributed by atoms with E-state index in [0.29, 0.717) is 0 Å². The minimum absolute atomic E-state index is 0.00987. The molecule has 2 heterocycles. The highest BCUT2D eigenvalue weighted by Gasteiger charge is 2.48. The second-order valence-corrected chi connectivity index (χ2v) is 6.56. The molecule has 0 unspecified atom stereocenters. The number of aryl methyl sites for hydroxylation is 1. The Morgan fingerprint density at radius 2 is 2.00 bits per heavy atom. The van der Waals surface area contributed by atoms with Gasteiger partial charge in [0, 0.05) is 13.3 Å². The summed E-state index contributed by atoms with van der Waals surface area (Å²) in [5, 5.41) is 0. The number of hydrogen-bond donors (Lipinski definition) is 0. The number of benzene rings is 2. The first-order chi connectivity index (χ1) is 11.6. The maximum Gasteiger partial charge on any atom is 0.302 e. The lowest BCUT2D eigenvalue weighted by Crippen LogP contribution is -2.33. The standard InChI is InChI=1S/C21H20O3/c1-14-7-6-10-18-19-11-17(16-8-4-3-5-9-16)12-21(24-19,20(14)18)13-23-15(2)22/h3-10,12,19H,11,13H2,1-2H3/t19-,21-/m0/s1. The van der Waals surface area contributed by atoms with E-state index in [4.69, 9.17) is 9.47 Å². The van der Waals surface area contributed by atoms with Gasteiger partial charge >= 0.3 is 5.97 Å². The second-order valence-electron chi connectivity index (χ2n) is 6.56. The Labute approximate surface area is 141 Å². The van der Waals surface area contributed by atoms with Gasteiger partial charge in [-0.1, -0.05) is 48.5 Å². The van der Waals surface area contributed by atoms with Crippen LogP contribution in [0.5, 0.6) is 0 Å². The first kappa shape index (κ1) is 15.2. The number of carbonyl (C=O) groups excluding carboxylic acids is 1. The van der Waals surface area contributed by atoms with Crippen LogP contribution in [0.1, 0.15) is 41.7 Å². The maximum absolute atomic E-state index is 11.4. The molecule has 0 spiro atoms. The van der Waals surface area contributed by atoms with Gasteiger partial charge in [0.25, 0.3) is 0 Å². The Bertz CT molecular complexity index is 822. The highest BCUT2D eigenvalue weighted by Crippen LogP contribution is 2.53. The summed E-state index contributed by atoms with van der Waals surface area (Å²) in [5.74, 6) is -0.285. The molecule has 4 rings (SSSR count). The van der Waals surface area contributed by atoms with Crippen LogP contribution in [0.2, 0.25) is 0 Å². The first-order valence-corrected chi connectivity index (χ1v) is 8.27. The number of hydrogen-bond acceptors (Lipinski definition) is 3. The van der Waals surface area contributed by atoms with Crippen LogP contribution < -0.4 is 0 Å². The van der Waals surface area contributed by atoms with Crippen LogP contribution in [0.4, 0.5) is 0 Å². The lowest BCUT2D eigenvalue weighted by Gasteiger charge is -2.32. The smallest absolute Gasteiger partial charge is 0.302 e. The third kappa shape index (κ3) is 2.36. The van der Waals surface area contributed by atoms with Crippen molar-refractivity contribution in [1.29, 1.82) is 0 Å². The van der Waals surface area contributed by atoms with Crippen molar-refractivity contribution in [2.45, 2.75) is 32.0 Å². The van der Waals surface area contributed by atoms with Crippen molar-refractivity contribution < 1.29 is 14.3 Å². The molecule has 3 heteroatoms. The van der Waals surface area contributed by atoms with Crippen molar-refractivity contribution >= 4 is 11.5 Å². The van der Waals surface area contributed by atoms with Crippen LogP contribution in [0, 0.1) is 6.92 Å². The van der Waals surface area contributed by atoms with E-state index in [1.165, 1.54) is 29.2 Å². The minimum atomic E-state index is -0.680. The van der Waals surface area contributed by atoms with E-state index < -0.39 is 5.60 Å². The molecular weight excluding hydrogens is 300 g/mol. The third-order valence-electron chi connectivity index (χ3n) is 4.87. The fourth-order valence-electron chi connectivity index (χ4n) is 3.92. The molecule has 0 aromatic heterocycles. The summed E-state index contributed by atoms with van der Waals surface area (Å²) >= 11 is 0. The van der Waals surface area contributed by atoms with Crippen molar-refractivity contribution in [1.82, 2.24) is 0 Å². The monoisotopic (exact) mass is 320 g/mol. The largest absolute Gasteiger partial charge is 0.462 e. The molecule has 0 amide bonds. The van der Waals surface area contributed by atoms with Crippen molar-refractivity contribution in [2.24, 2.45) is 0 Å². The van der Waals surface area contributed by atoms with Gasteiger partial charge in [0.2, 0.25) is 0 Å². The molecule has 3 nitrogen and oxygen atoms in total. The van der Waals surface area contributed by atoms with Gasteiger partial charge in [0.05, 0.1) is 6.10 Å².